The summed E-state index contributed by atoms with van der Waals surface area (Å²) in [6.07, 6.45) is 4.12. The first-order chi connectivity index (χ1) is 17.9. The predicted molar refractivity (Wildman–Crippen MR) is 139 cm³/mol. The van der Waals surface area contributed by atoms with Crippen LogP contribution in [-0.4, -0.2) is 53.6 Å². The Morgan fingerprint density at radius 1 is 1.03 bits per heavy atom. The molecule has 37 heavy (non-hydrogen) atoms. The van der Waals surface area contributed by atoms with E-state index in [1.165, 1.54) is 6.07 Å². The standard InChI is InChI=1S/C28H27FN6O2/c1-15-4-3-5-19-26(25-21-14-33(2)31-23(21)8-7-22(25)29)32-35(27(15)19)17-6-9-24(30-12-17)34-13-16-10-18(34)11-20(16)28(36)37/h3-9,12,14,16,18,20,28,36-37H,10-11,13H2,1-2H3/t16-,18-,20+/m1/s1. The van der Waals surface area contributed by atoms with Gasteiger partial charge in [-0.25, -0.2) is 14.1 Å². The Kier molecular flexibility index (Phi) is 4.90. The molecule has 2 aromatic carbocycles. The lowest BCUT2D eigenvalue weighted by atomic mass is 9.94. The Morgan fingerprint density at radius 3 is 2.62 bits per heavy atom. The van der Waals surface area contributed by atoms with Gasteiger partial charge in [0.15, 0.2) is 6.29 Å². The van der Waals surface area contributed by atoms with Crippen LogP contribution in [0.2, 0.25) is 0 Å². The van der Waals surface area contributed by atoms with E-state index in [2.05, 4.69) is 10.00 Å². The van der Waals surface area contributed by atoms with Crippen molar-refractivity contribution in [2.45, 2.75) is 32.1 Å². The van der Waals surface area contributed by atoms with E-state index in [1.807, 2.05) is 61.4 Å². The van der Waals surface area contributed by atoms with Crippen LogP contribution in [0.15, 0.2) is 54.9 Å². The first-order valence-electron chi connectivity index (χ1n) is 12.6. The van der Waals surface area contributed by atoms with Crippen molar-refractivity contribution in [2.24, 2.45) is 18.9 Å². The Balaban J connectivity index is 1.31. The second-order valence-electron chi connectivity index (χ2n) is 10.4. The molecule has 2 fully saturated rings. The normalized spacial score (nSPS) is 21.2. The average molecular weight is 499 g/mol. The number of aliphatic hydroxyl groups excluding tert-OH is 1. The van der Waals surface area contributed by atoms with Crippen molar-refractivity contribution in [1.29, 1.82) is 0 Å². The van der Waals surface area contributed by atoms with E-state index >= 15 is 4.39 Å². The third-order valence-corrected chi connectivity index (χ3v) is 8.15. The number of halogens is 1. The lowest BCUT2D eigenvalue weighted by Crippen LogP contribution is -2.39. The number of hydrogen-bond acceptors (Lipinski definition) is 6. The molecule has 8 nitrogen and oxygen atoms in total. The number of hydrogen-bond donors (Lipinski definition) is 2. The molecule has 2 bridgehead atoms. The molecule has 1 saturated heterocycles. The number of anilines is 1. The van der Waals surface area contributed by atoms with Crippen LogP contribution in [-0.2, 0) is 7.05 Å². The van der Waals surface area contributed by atoms with Gasteiger partial charge in [0, 0.05) is 48.1 Å². The summed E-state index contributed by atoms with van der Waals surface area (Å²) in [5.74, 6) is 0.762. The second-order valence-corrected chi connectivity index (χ2v) is 10.4. The number of piperidine rings is 1. The second kappa shape index (κ2) is 8.09. The van der Waals surface area contributed by atoms with E-state index < -0.39 is 6.29 Å². The van der Waals surface area contributed by atoms with Crippen LogP contribution >= 0.6 is 0 Å². The number of fused-ring (bicyclic) bond motifs is 4. The first kappa shape index (κ1) is 22.4. The molecule has 0 radical (unpaired) electrons. The first-order valence-corrected chi connectivity index (χ1v) is 12.6. The fourth-order valence-corrected chi connectivity index (χ4v) is 6.45. The van der Waals surface area contributed by atoms with Crippen molar-refractivity contribution >= 4 is 27.6 Å². The number of rotatable bonds is 4. The van der Waals surface area contributed by atoms with E-state index in [-0.39, 0.29) is 23.7 Å². The van der Waals surface area contributed by atoms with Crippen LogP contribution < -0.4 is 4.90 Å². The van der Waals surface area contributed by atoms with Crippen LogP contribution in [0.3, 0.4) is 0 Å². The van der Waals surface area contributed by atoms with Gasteiger partial charge in [-0.05, 0) is 55.5 Å². The number of pyridine rings is 1. The van der Waals surface area contributed by atoms with E-state index in [0.29, 0.717) is 11.3 Å². The molecule has 0 unspecified atom stereocenters. The maximum Gasteiger partial charge on any atom is 0.154 e. The van der Waals surface area contributed by atoms with E-state index in [1.54, 1.807) is 10.7 Å². The van der Waals surface area contributed by atoms with Gasteiger partial charge in [0.1, 0.15) is 17.3 Å². The summed E-state index contributed by atoms with van der Waals surface area (Å²) >= 11 is 0. The van der Waals surface area contributed by atoms with Crippen LogP contribution in [0.5, 0.6) is 0 Å². The van der Waals surface area contributed by atoms with E-state index in [4.69, 9.17) is 10.1 Å². The van der Waals surface area contributed by atoms with Crippen molar-refractivity contribution in [2.75, 3.05) is 11.4 Å². The van der Waals surface area contributed by atoms with Gasteiger partial charge in [0.05, 0.1) is 22.9 Å². The van der Waals surface area contributed by atoms with Crippen LogP contribution in [0.25, 0.3) is 38.8 Å². The van der Waals surface area contributed by atoms with Gasteiger partial charge >= 0.3 is 0 Å². The van der Waals surface area contributed by atoms with Gasteiger partial charge in [-0.2, -0.15) is 10.2 Å². The summed E-state index contributed by atoms with van der Waals surface area (Å²) in [6.45, 7) is 2.81. The molecule has 1 aliphatic heterocycles. The smallest absolute Gasteiger partial charge is 0.154 e. The molecule has 1 aliphatic carbocycles. The molecule has 4 heterocycles. The fourth-order valence-electron chi connectivity index (χ4n) is 6.45. The molecule has 1 saturated carbocycles. The summed E-state index contributed by atoms with van der Waals surface area (Å²) in [5, 5.41) is 30.3. The Morgan fingerprint density at radius 2 is 1.89 bits per heavy atom. The lowest BCUT2D eigenvalue weighted by Gasteiger charge is -2.33. The van der Waals surface area contributed by atoms with Crippen LogP contribution in [0.1, 0.15) is 18.4 Å². The van der Waals surface area contributed by atoms with Gasteiger partial charge in [0.25, 0.3) is 0 Å². The minimum atomic E-state index is -1.25. The quantitative estimate of drug-likeness (QED) is 0.365. The van der Waals surface area contributed by atoms with Crippen LogP contribution in [0, 0.1) is 24.6 Å². The highest BCUT2D eigenvalue weighted by atomic mass is 19.1. The average Bonchev–Trinajstić information content (AvgIpc) is 3.66. The zero-order valence-corrected chi connectivity index (χ0v) is 20.6. The number of benzene rings is 2. The van der Waals surface area contributed by atoms with Crippen LogP contribution in [0.4, 0.5) is 10.2 Å². The van der Waals surface area contributed by atoms with Crippen molar-refractivity contribution in [3.05, 3.63) is 66.2 Å². The minimum Gasteiger partial charge on any atom is -0.368 e. The zero-order valence-electron chi connectivity index (χ0n) is 20.6. The SMILES string of the molecule is Cc1cccc2c(-c3c(F)ccc4nn(C)cc34)nn(-c3ccc(N4C[C@H]5C[C@@H]4C[C@@H]5C(O)O)nc3)c12. The largest absolute Gasteiger partial charge is 0.368 e. The number of nitrogens with zero attached hydrogens (tertiary/aromatic N) is 6. The van der Waals surface area contributed by atoms with Crippen molar-refractivity contribution < 1.29 is 14.6 Å². The highest BCUT2D eigenvalue weighted by Crippen LogP contribution is 2.45. The Hall–Kier alpha value is -3.82. The third kappa shape index (κ3) is 3.38. The number of aryl methyl sites for hydroxylation is 2. The highest BCUT2D eigenvalue weighted by Gasteiger charge is 2.47. The molecular weight excluding hydrogens is 471 g/mol. The Labute approximate surface area is 212 Å². The van der Waals surface area contributed by atoms with Crippen molar-refractivity contribution in [3.8, 4) is 16.9 Å². The summed E-state index contributed by atoms with van der Waals surface area (Å²) in [4.78, 5) is 7.04. The van der Waals surface area contributed by atoms with Crippen molar-refractivity contribution in [3.63, 3.8) is 0 Å². The van der Waals surface area contributed by atoms with Gasteiger partial charge in [-0.1, -0.05) is 18.2 Å². The zero-order chi connectivity index (χ0) is 25.4. The van der Waals surface area contributed by atoms with E-state index in [0.717, 1.165) is 58.3 Å². The molecule has 7 rings (SSSR count). The highest BCUT2D eigenvalue weighted by molar-refractivity contribution is 6.03. The topological polar surface area (TPSA) is 92.2 Å². The maximum absolute atomic E-state index is 15.3. The monoisotopic (exact) mass is 498 g/mol. The number of aromatic nitrogens is 5. The fraction of sp³-hybridized carbons (Fsp3) is 0.321. The molecule has 188 valence electrons. The molecule has 5 aromatic rings. The molecule has 0 spiro atoms. The summed E-state index contributed by atoms with van der Waals surface area (Å²) in [6, 6.07) is 13.4. The predicted octanol–water partition coefficient (Wildman–Crippen LogP) is 3.95. The number of para-hydroxylation sites is 1. The Bertz CT molecular complexity index is 1660. The summed E-state index contributed by atoms with van der Waals surface area (Å²) < 4.78 is 18.8. The molecule has 2 N–H and O–H groups in total. The minimum absolute atomic E-state index is 0.0537. The van der Waals surface area contributed by atoms with Gasteiger partial charge in [-0.3, -0.25) is 4.68 Å². The van der Waals surface area contributed by atoms with Gasteiger partial charge < -0.3 is 15.1 Å². The third-order valence-electron chi connectivity index (χ3n) is 8.15. The van der Waals surface area contributed by atoms with Gasteiger partial charge in [0.2, 0.25) is 0 Å². The molecule has 2 aliphatic rings. The van der Waals surface area contributed by atoms with Crippen molar-refractivity contribution in [1.82, 2.24) is 24.5 Å². The molecular formula is C28H27FN6O2. The number of aliphatic hydroxyl groups is 2. The lowest BCUT2D eigenvalue weighted by molar-refractivity contribution is -0.0951. The maximum atomic E-state index is 15.3. The molecule has 9 heteroatoms. The van der Waals surface area contributed by atoms with E-state index in [9.17, 15) is 10.2 Å². The molecule has 3 aromatic heterocycles. The summed E-state index contributed by atoms with van der Waals surface area (Å²) in [5.41, 5.74) is 4.47. The van der Waals surface area contributed by atoms with Gasteiger partial charge in [-0.15, -0.1) is 0 Å². The molecule has 0 amide bonds. The summed E-state index contributed by atoms with van der Waals surface area (Å²) in [7, 11) is 1.83. The molecule has 3 atom stereocenters.